The number of rotatable bonds is 2. The number of nitrogens with two attached hydrogens (primary N) is 1. The molecule has 0 bridgehead atoms. The highest BCUT2D eigenvalue weighted by molar-refractivity contribution is 5.93. The number of benzene rings is 1. The summed E-state index contributed by atoms with van der Waals surface area (Å²) in [5.41, 5.74) is 3.42. The van der Waals surface area contributed by atoms with Gasteiger partial charge in [0.25, 0.3) is 0 Å². The van der Waals surface area contributed by atoms with Gasteiger partial charge in [0.05, 0.1) is 18.4 Å². The molecule has 0 unspecified atom stereocenters. The van der Waals surface area contributed by atoms with E-state index in [1.54, 1.807) is 0 Å². The third-order valence-corrected chi connectivity index (χ3v) is 2.58. The molecule has 1 aromatic heterocycles. The second-order valence-electron chi connectivity index (χ2n) is 3.84. The Kier molecular flexibility index (Phi) is 5.91. The van der Waals surface area contributed by atoms with Gasteiger partial charge in [0.2, 0.25) is 0 Å². The largest absolute Gasteiger partial charge is 0.464 e. The molecule has 1 aromatic carbocycles. The number of methoxy groups -OCH3 is 1. The van der Waals surface area contributed by atoms with Crippen molar-refractivity contribution in [3.8, 4) is 11.3 Å². The lowest BCUT2D eigenvalue weighted by Gasteiger charge is -2.09. The van der Waals surface area contributed by atoms with Crippen LogP contribution in [0.4, 0.5) is 18.9 Å². The van der Waals surface area contributed by atoms with Gasteiger partial charge < -0.3 is 10.5 Å². The highest BCUT2D eigenvalue weighted by atomic mass is 19.1. The lowest BCUT2D eigenvalue weighted by Crippen LogP contribution is -2.11. The van der Waals surface area contributed by atoms with Gasteiger partial charge in [0, 0.05) is 6.07 Å². The average Bonchev–Trinajstić information content (AvgIpc) is 2.50. The van der Waals surface area contributed by atoms with E-state index in [-0.39, 0.29) is 5.69 Å². The zero-order chi connectivity index (χ0) is 16.9. The Morgan fingerprint density at radius 2 is 1.68 bits per heavy atom. The van der Waals surface area contributed by atoms with Crippen LogP contribution in [0.1, 0.15) is 24.3 Å². The zero-order valence-electron chi connectivity index (χ0n) is 12.3. The first-order valence-electron chi connectivity index (χ1n) is 6.44. The van der Waals surface area contributed by atoms with Crippen molar-refractivity contribution in [3.05, 3.63) is 47.4 Å². The number of esters is 1. The van der Waals surface area contributed by atoms with Gasteiger partial charge in [0.15, 0.2) is 11.5 Å². The number of halogens is 3. The number of hydrogen-bond acceptors (Lipinski definition) is 4. The maximum absolute atomic E-state index is 13.8. The van der Waals surface area contributed by atoms with E-state index in [0.29, 0.717) is 0 Å². The van der Waals surface area contributed by atoms with Crippen molar-refractivity contribution in [2.75, 3.05) is 12.8 Å². The topological polar surface area (TPSA) is 65.2 Å². The van der Waals surface area contributed by atoms with Crippen molar-refractivity contribution in [2.45, 2.75) is 13.8 Å². The van der Waals surface area contributed by atoms with Gasteiger partial charge in [0.1, 0.15) is 17.3 Å². The summed E-state index contributed by atoms with van der Waals surface area (Å²) >= 11 is 0. The third-order valence-electron chi connectivity index (χ3n) is 2.58. The number of ether oxygens (including phenoxy) is 1. The van der Waals surface area contributed by atoms with Gasteiger partial charge >= 0.3 is 5.97 Å². The monoisotopic (exact) mass is 312 g/mol. The molecule has 0 aliphatic heterocycles. The summed E-state index contributed by atoms with van der Waals surface area (Å²) in [6, 6.07) is 3.80. The summed E-state index contributed by atoms with van der Waals surface area (Å²) in [4.78, 5) is 15.0. The van der Waals surface area contributed by atoms with E-state index < -0.39 is 40.4 Å². The van der Waals surface area contributed by atoms with E-state index in [9.17, 15) is 18.0 Å². The lowest BCUT2D eigenvalue weighted by atomic mass is 10.1. The Morgan fingerprint density at radius 3 is 2.18 bits per heavy atom. The van der Waals surface area contributed by atoms with Crippen LogP contribution in [0.15, 0.2) is 24.3 Å². The molecular formula is C15H15F3N2O2. The Balaban J connectivity index is 0.00000116. The van der Waals surface area contributed by atoms with E-state index in [2.05, 4.69) is 9.72 Å². The van der Waals surface area contributed by atoms with Crippen LogP contribution >= 0.6 is 0 Å². The first-order chi connectivity index (χ1) is 10.5. The van der Waals surface area contributed by atoms with Crippen molar-refractivity contribution in [2.24, 2.45) is 0 Å². The van der Waals surface area contributed by atoms with Gasteiger partial charge in [-0.2, -0.15) is 0 Å². The summed E-state index contributed by atoms with van der Waals surface area (Å²) in [7, 11) is 1.08. The Morgan fingerprint density at radius 1 is 1.14 bits per heavy atom. The van der Waals surface area contributed by atoms with Crippen LogP contribution in [-0.2, 0) is 4.74 Å². The molecule has 0 atom stereocenters. The normalized spacial score (nSPS) is 9.73. The van der Waals surface area contributed by atoms with E-state index in [0.717, 1.165) is 31.4 Å². The van der Waals surface area contributed by atoms with E-state index in [4.69, 9.17) is 5.73 Å². The third kappa shape index (κ3) is 3.36. The molecule has 0 aliphatic rings. The molecule has 22 heavy (non-hydrogen) atoms. The van der Waals surface area contributed by atoms with Gasteiger partial charge in [-0.15, -0.1) is 0 Å². The van der Waals surface area contributed by atoms with Crippen LogP contribution in [0, 0.1) is 17.5 Å². The number of pyridine rings is 1. The molecule has 0 saturated carbocycles. The molecule has 0 fully saturated rings. The molecule has 0 aliphatic carbocycles. The average molecular weight is 312 g/mol. The highest BCUT2D eigenvalue weighted by Gasteiger charge is 2.21. The molecule has 118 valence electrons. The standard InChI is InChI=1S/C13H9F3N2O2.C2H6/c1-20-13(19)12-9(17)5-8(16)11(18-12)10-6(14)3-2-4-7(10)15;1-2/h2-5H,17H2,1H3;1-2H3. The van der Waals surface area contributed by atoms with Gasteiger partial charge in [-0.1, -0.05) is 19.9 Å². The lowest BCUT2D eigenvalue weighted by molar-refractivity contribution is 0.0595. The Labute approximate surface area is 125 Å². The summed E-state index contributed by atoms with van der Waals surface area (Å²) in [5.74, 6) is -3.98. The number of carbonyl (C=O) groups excluding carboxylic acids is 1. The smallest absolute Gasteiger partial charge is 0.358 e. The fraction of sp³-hybridized carbons (Fsp3) is 0.200. The van der Waals surface area contributed by atoms with Crippen LogP contribution in [0.5, 0.6) is 0 Å². The first kappa shape index (κ1) is 17.5. The van der Waals surface area contributed by atoms with Gasteiger partial charge in [-0.25, -0.2) is 22.9 Å². The SMILES string of the molecule is CC.COC(=O)c1nc(-c2c(F)cccc2F)c(F)cc1N. The zero-order valence-corrected chi connectivity index (χ0v) is 12.3. The Hall–Kier alpha value is -2.57. The van der Waals surface area contributed by atoms with Crippen molar-refractivity contribution < 1.29 is 22.7 Å². The van der Waals surface area contributed by atoms with Crippen molar-refractivity contribution >= 4 is 11.7 Å². The fourth-order valence-corrected chi connectivity index (χ4v) is 1.66. The summed E-state index contributed by atoms with van der Waals surface area (Å²) in [5, 5.41) is 0. The van der Waals surface area contributed by atoms with Crippen LogP contribution in [0.2, 0.25) is 0 Å². The second-order valence-corrected chi connectivity index (χ2v) is 3.84. The summed E-state index contributed by atoms with van der Waals surface area (Å²) in [6.45, 7) is 4.00. The number of nitrogen functional groups attached to an aromatic ring is 1. The van der Waals surface area contributed by atoms with Crippen LogP contribution in [-0.4, -0.2) is 18.1 Å². The second kappa shape index (κ2) is 7.44. The number of hydrogen-bond donors (Lipinski definition) is 1. The number of anilines is 1. The van der Waals surface area contributed by atoms with E-state index in [1.165, 1.54) is 0 Å². The minimum atomic E-state index is -1.04. The maximum Gasteiger partial charge on any atom is 0.358 e. The van der Waals surface area contributed by atoms with Crippen molar-refractivity contribution in [1.29, 1.82) is 0 Å². The van der Waals surface area contributed by atoms with Crippen LogP contribution in [0.25, 0.3) is 11.3 Å². The van der Waals surface area contributed by atoms with E-state index >= 15 is 0 Å². The molecule has 0 amide bonds. The predicted molar refractivity (Wildman–Crippen MR) is 76.6 cm³/mol. The van der Waals surface area contributed by atoms with Crippen LogP contribution < -0.4 is 5.73 Å². The summed E-state index contributed by atoms with van der Waals surface area (Å²) < 4.78 is 45.5. The molecule has 0 spiro atoms. The fourth-order valence-electron chi connectivity index (χ4n) is 1.66. The molecule has 4 nitrogen and oxygen atoms in total. The Bertz CT molecular complexity index is 670. The van der Waals surface area contributed by atoms with Gasteiger partial charge in [-0.05, 0) is 12.1 Å². The maximum atomic E-state index is 13.8. The first-order valence-corrected chi connectivity index (χ1v) is 6.44. The van der Waals surface area contributed by atoms with Crippen LogP contribution in [0.3, 0.4) is 0 Å². The van der Waals surface area contributed by atoms with Crippen molar-refractivity contribution in [3.63, 3.8) is 0 Å². The van der Waals surface area contributed by atoms with E-state index in [1.807, 2.05) is 13.8 Å². The summed E-state index contributed by atoms with van der Waals surface area (Å²) in [6.07, 6.45) is 0. The molecule has 7 heteroatoms. The van der Waals surface area contributed by atoms with Crippen molar-refractivity contribution in [1.82, 2.24) is 4.98 Å². The number of nitrogens with zero attached hydrogens (tertiary/aromatic N) is 1. The highest BCUT2D eigenvalue weighted by Crippen LogP contribution is 2.28. The number of carbonyl (C=O) groups is 1. The molecule has 2 rings (SSSR count). The predicted octanol–water partition coefficient (Wildman–Crippen LogP) is 3.56. The molecule has 2 aromatic rings. The van der Waals surface area contributed by atoms with Gasteiger partial charge in [-0.3, -0.25) is 0 Å². The minimum absolute atomic E-state index is 0.283. The minimum Gasteiger partial charge on any atom is -0.464 e. The number of aromatic nitrogens is 1. The molecular weight excluding hydrogens is 297 g/mol. The molecule has 2 N–H and O–H groups in total. The molecule has 0 saturated heterocycles. The molecule has 1 heterocycles. The quantitative estimate of drug-likeness (QED) is 0.861. The molecule has 0 radical (unpaired) electrons.